The van der Waals surface area contributed by atoms with Crippen molar-refractivity contribution in [2.24, 2.45) is 0 Å². The Balaban J connectivity index is 1.94. The Bertz CT molecular complexity index is 533. The highest BCUT2D eigenvalue weighted by Gasteiger charge is 2.29. The van der Waals surface area contributed by atoms with Gasteiger partial charge in [-0.3, -0.25) is 4.79 Å². The van der Waals surface area contributed by atoms with Crippen LogP contribution in [0.2, 0.25) is 0 Å². The van der Waals surface area contributed by atoms with Crippen molar-refractivity contribution >= 4 is 22.9 Å². The molecule has 1 atom stereocenters. The van der Waals surface area contributed by atoms with E-state index in [0.29, 0.717) is 6.61 Å². The Kier molecular flexibility index (Phi) is 3.62. The van der Waals surface area contributed by atoms with Gasteiger partial charge >= 0.3 is 0 Å². The highest BCUT2D eigenvalue weighted by atomic mass is 32.1. The van der Waals surface area contributed by atoms with Crippen LogP contribution in [0.3, 0.4) is 0 Å². The molecule has 3 nitrogen and oxygen atoms in total. The molecule has 1 unspecified atom stereocenters. The summed E-state index contributed by atoms with van der Waals surface area (Å²) in [7, 11) is 0. The summed E-state index contributed by atoms with van der Waals surface area (Å²) in [4.78, 5) is 15.3. The van der Waals surface area contributed by atoms with Crippen molar-refractivity contribution < 1.29 is 9.53 Å². The average Bonchev–Trinajstić information content (AvgIpc) is 3.13. The zero-order chi connectivity index (χ0) is 13.1. The van der Waals surface area contributed by atoms with E-state index >= 15 is 0 Å². The summed E-state index contributed by atoms with van der Waals surface area (Å²) >= 11 is 1.48. The van der Waals surface area contributed by atoms with Crippen LogP contribution in [0.25, 0.3) is 0 Å². The van der Waals surface area contributed by atoms with Gasteiger partial charge in [0.05, 0.1) is 17.5 Å². The quantitative estimate of drug-likeness (QED) is 0.859. The van der Waals surface area contributed by atoms with Gasteiger partial charge in [-0.25, -0.2) is 0 Å². The van der Waals surface area contributed by atoms with Gasteiger partial charge < -0.3 is 9.64 Å². The van der Waals surface area contributed by atoms with Crippen LogP contribution in [0.15, 0.2) is 47.8 Å². The van der Waals surface area contributed by atoms with Crippen molar-refractivity contribution in [3.63, 3.8) is 0 Å². The number of benzene rings is 1. The number of amides is 1. The second-order valence-corrected chi connectivity index (χ2v) is 5.45. The van der Waals surface area contributed by atoms with Gasteiger partial charge in [0.15, 0.2) is 0 Å². The number of carbonyl (C=O) groups excluding carboxylic acids is 1. The first-order chi connectivity index (χ1) is 9.36. The molecule has 1 saturated heterocycles. The average molecular weight is 273 g/mol. The number of thiophene rings is 1. The SMILES string of the molecule is O=C(c1cccs1)N(c1ccccc1)C1CCOC1. The summed E-state index contributed by atoms with van der Waals surface area (Å²) in [6.07, 6.45) is 0.895. The number of para-hydroxylation sites is 1. The minimum Gasteiger partial charge on any atom is -0.379 e. The molecule has 0 radical (unpaired) electrons. The van der Waals surface area contributed by atoms with Crippen LogP contribution in [-0.2, 0) is 4.74 Å². The second-order valence-electron chi connectivity index (χ2n) is 4.51. The van der Waals surface area contributed by atoms with E-state index in [1.54, 1.807) is 0 Å². The van der Waals surface area contributed by atoms with E-state index < -0.39 is 0 Å². The van der Waals surface area contributed by atoms with Crippen molar-refractivity contribution in [3.05, 3.63) is 52.7 Å². The predicted molar refractivity (Wildman–Crippen MR) is 76.8 cm³/mol. The maximum atomic E-state index is 12.7. The molecule has 1 amide bonds. The predicted octanol–water partition coefficient (Wildman–Crippen LogP) is 3.18. The van der Waals surface area contributed by atoms with Crippen LogP contribution in [0.4, 0.5) is 5.69 Å². The van der Waals surface area contributed by atoms with Crippen LogP contribution in [-0.4, -0.2) is 25.2 Å². The lowest BCUT2D eigenvalue weighted by atomic mass is 10.1. The largest absolute Gasteiger partial charge is 0.379 e. The van der Waals surface area contributed by atoms with Gasteiger partial charge in [0.1, 0.15) is 0 Å². The van der Waals surface area contributed by atoms with Gasteiger partial charge in [-0.1, -0.05) is 24.3 Å². The standard InChI is InChI=1S/C15H15NO2S/c17-15(14-7-4-10-19-14)16(13-8-9-18-11-13)12-5-2-1-3-6-12/h1-7,10,13H,8-9,11H2. The summed E-state index contributed by atoms with van der Waals surface area (Å²) < 4.78 is 5.44. The molecule has 1 fully saturated rings. The number of hydrogen-bond acceptors (Lipinski definition) is 3. The molecule has 0 spiro atoms. The van der Waals surface area contributed by atoms with Crippen molar-refractivity contribution in [3.8, 4) is 0 Å². The lowest BCUT2D eigenvalue weighted by molar-refractivity contribution is 0.0975. The summed E-state index contributed by atoms with van der Waals surface area (Å²) in [5, 5.41) is 1.93. The van der Waals surface area contributed by atoms with Crippen LogP contribution < -0.4 is 4.90 Å². The topological polar surface area (TPSA) is 29.5 Å². The Morgan fingerprint density at radius 2 is 2.05 bits per heavy atom. The molecule has 98 valence electrons. The maximum absolute atomic E-state index is 12.7. The fourth-order valence-corrected chi connectivity index (χ4v) is 2.99. The van der Waals surface area contributed by atoms with Crippen LogP contribution >= 0.6 is 11.3 Å². The van der Waals surface area contributed by atoms with E-state index in [4.69, 9.17) is 4.74 Å². The maximum Gasteiger partial charge on any atom is 0.268 e. The molecule has 1 aliphatic heterocycles. The van der Waals surface area contributed by atoms with Crippen molar-refractivity contribution in [2.75, 3.05) is 18.1 Å². The Morgan fingerprint density at radius 1 is 1.21 bits per heavy atom. The lowest BCUT2D eigenvalue weighted by Crippen LogP contribution is -2.40. The summed E-state index contributed by atoms with van der Waals surface area (Å²) in [6, 6.07) is 13.7. The van der Waals surface area contributed by atoms with E-state index in [0.717, 1.165) is 23.6 Å². The van der Waals surface area contributed by atoms with Gasteiger partial charge in [0.25, 0.3) is 5.91 Å². The molecule has 0 bridgehead atoms. The van der Waals surface area contributed by atoms with Gasteiger partial charge in [-0.15, -0.1) is 11.3 Å². The van der Waals surface area contributed by atoms with Crippen LogP contribution in [0.5, 0.6) is 0 Å². The molecular formula is C15H15NO2S. The van der Waals surface area contributed by atoms with Gasteiger partial charge in [-0.2, -0.15) is 0 Å². The zero-order valence-electron chi connectivity index (χ0n) is 10.5. The fraction of sp³-hybridized carbons (Fsp3) is 0.267. The highest BCUT2D eigenvalue weighted by Crippen LogP contribution is 2.25. The summed E-state index contributed by atoms with van der Waals surface area (Å²) in [6.45, 7) is 1.34. The Hall–Kier alpha value is -1.65. The zero-order valence-corrected chi connectivity index (χ0v) is 11.3. The highest BCUT2D eigenvalue weighted by molar-refractivity contribution is 7.12. The molecule has 4 heteroatoms. The van der Waals surface area contributed by atoms with E-state index in [-0.39, 0.29) is 11.9 Å². The van der Waals surface area contributed by atoms with Crippen molar-refractivity contribution in [1.29, 1.82) is 0 Å². The monoisotopic (exact) mass is 273 g/mol. The van der Waals surface area contributed by atoms with E-state index in [1.165, 1.54) is 11.3 Å². The normalized spacial score (nSPS) is 18.4. The van der Waals surface area contributed by atoms with E-state index in [9.17, 15) is 4.79 Å². The Labute approximate surface area is 116 Å². The summed E-state index contributed by atoms with van der Waals surface area (Å²) in [5.41, 5.74) is 0.941. The van der Waals surface area contributed by atoms with Crippen molar-refractivity contribution in [1.82, 2.24) is 0 Å². The molecule has 1 aromatic heterocycles. The van der Waals surface area contributed by atoms with Gasteiger partial charge in [0, 0.05) is 12.3 Å². The number of rotatable bonds is 3. The van der Waals surface area contributed by atoms with Crippen LogP contribution in [0, 0.1) is 0 Å². The number of ether oxygens (including phenoxy) is 1. The molecule has 3 rings (SSSR count). The summed E-state index contributed by atoms with van der Waals surface area (Å²) in [5.74, 6) is 0.0664. The molecule has 0 N–H and O–H groups in total. The fourth-order valence-electron chi connectivity index (χ4n) is 2.33. The molecule has 2 heterocycles. The Morgan fingerprint density at radius 3 is 2.68 bits per heavy atom. The third kappa shape index (κ3) is 2.55. The molecule has 2 aromatic rings. The molecule has 0 saturated carbocycles. The first-order valence-electron chi connectivity index (χ1n) is 6.36. The van der Waals surface area contributed by atoms with Gasteiger partial charge in [-0.05, 0) is 30.0 Å². The van der Waals surface area contributed by atoms with E-state index in [2.05, 4.69) is 0 Å². The van der Waals surface area contributed by atoms with Crippen LogP contribution in [0.1, 0.15) is 16.1 Å². The molecule has 1 aliphatic rings. The lowest BCUT2D eigenvalue weighted by Gasteiger charge is -2.27. The van der Waals surface area contributed by atoms with E-state index in [1.807, 2.05) is 52.7 Å². The number of nitrogens with zero attached hydrogens (tertiary/aromatic N) is 1. The first kappa shape index (κ1) is 12.4. The molecule has 19 heavy (non-hydrogen) atoms. The first-order valence-corrected chi connectivity index (χ1v) is 7.24. The third-order valence-electron chi connectivity index (χ3n) is 3.26. The molecular weight excluding hydrogens is 258 g/mol. The number of hydrogen-bond donors (Lipinski definition) is 0. The number of anilines is 1. The van der Waals surface area contributed by atoms with Gasteiger partial charge in [0.2, 0.25) is 0 Å². The number of carbonyl (C=O) groups is 1. The van der Waals surface area contributed by atoms with Crippen molar-refractivity contribution in [2.45, 2.75) is 12.5 Å². The molecule has 0 aliphatic carbocycles. The second kappa shape index (κ2) is 5.55. The molecule has 1 aromatic carbocycles. The smallest absolute Gasteiger partial charge is 0.268 e. The minimum atomic E-state index is 0.0664. The third-order valence-corrected chi connectivity index (χ3v) is 4.11. The minimum absolute atomic E-state index is 0.0664.